The smallest absolute Gasteiger partial charge is 0.246 e. The maximum Gasteiger partial charge on any atom is 0.246 e. The number of hydrogen-bond acceptors (Lipinski definition) is 2. The van der Waals surface area contributed by atoms with Gasteiger partial charge in [-0.05, 0) is 38.5 Å². The molecule has 1 aliphatic carbocycles. The van der Waals surface area contributed by atoms with Crippen molar-refractivity contribution in [3.05, 3.63) is 0 Å². The predicted octanol–water partition coefficient (Wildman–Crippen LogP) is 2.11. The van der Waals surface area contributed by atoms with Crippen molar-refractivity contribution in [1.82, 2.24) is 5.32 Å². The topological polar surface area (TPSA) is 38.3 Å². The van der Waals surface area contributed by atoms with Gasteiger partial charge in [-0.2, -0.15) is 0 Å². The minimum atomic E-state index is 0.0171. The van der Waals surface area contributed by atoms with Crippen molar-refractivity contribution in [2.45, 2.75) is 52.6 Å². The van der Waals surface area contributed by atoms with E-state index in [1.165, 1.54) is 19.3 Å². The minimum Gasteiger partial charge on any atom is -0.369 e. The van der Waals surface area contributed by atoms with Crippen molar-refractivity contribution >= 4 is 5.91 Å². The lowest BCUT2D eigenvalue weighted by molar-refractivity contribution is -0.128. The van der Waals surface area contributed by atoms with Crippen LogP contribution in [0.3, 0.4) is 0 Å². The van der Waals surface area contributed by atoms with Gasteiger partial charge in [0.2, 0.25) is 5.91 Å². The lowest BCUT2D eigenvalue weighted by atomic mass is 9.67. The van der Waals surface area contributed by atoms with E-state index in [4.69, 9.17) is 4.74 Å². The van der Waals surface area contributed by atoms with E-state index >= 15 is 0 Å². The van der Waals surface area contributed by atoms with E-state index in [2.05, 4.69) is 12.2 Å². The van der Waals surface area contributed by atoms with Crippen LogP contribution in [0.1, 0.15) is 46.5 Å². The molecular weight excluding hydrogens is 190 g/mol. The van der Waals surface area contributed by atoms with Crippen LogP contribution in [0, 0.1) is 5.41 Å². The summed E-state index contributed by atoms with van der Waals surface area (Å²) in [5.74, 6) is 0.0171. The average molecular weight is 213 g/mol. The summed E-state index contributed by atoms with van der Waals surface area (Å²) in [5, 5.41) is 2.97. The summed E-state index contributed by atoms with van der Waals surface area (Å²) >= 11 is 0. The van der Waals surface area contributed by atoms with Crippen LogP contribution in [-0.2, 0) is 9.53 Å². The molecule has 0 aromatic carbocycles. The Morgan fingerprint density at radius 3 is 2.53 bits per heavy atom. The van der Waals surface area contributed by atoms with Crippen molar-refractivity contribution in [3.63, 3.8) is 0 Å². The zero-order valence-electron chi connectivity index (χ0n) is 10.1. The van der Waals surface area contributed by atoms with Crippen LogP contribution >= 0.6 is 0 Å². The summed E-state index contributed by atoms with van der Waals surface area (Å²) in [6, 6.07) is 0. The van der Waals surface area contributed by atoms with Gasteiger partial charge in [0.15, 0.2) is 0 Å². The third-order valence-corrected chi connectivity index (χ3v) is 3.37. The highest BCUT2D eigenvalue weighted by molar-refractivity contribution is 5.77. The molecule has 0 aromatic rings. The number of amides is 1. The summed E-state index contributed by atoms with van der Waals surface area (Å²) in [4.78, 5) is 11.4. The Labute approximate surface area is 92.6 Å². The molecule has 1 rings (SSSR count). The van der Waals surface area contributed by atoms with Gasteiger partial charge in [-0.3, -0.25) is 4.79 Å². The molecule has 3 nitrogen and oxygen atoms in total. The number of hydrogen-bond donors (Lipinski definition) is 1. The van der Waals surface area contributed by atoms with Crippen LogP contribution in [0.25, 0.3) is 0 Å². The van der Waals surface area contributed by atoms with Crippen molar-refractivity contribution < 1.29 is 9.53 Å². The Bertz CT molecular complexity index is 204. The van der Waals surface area contributed by atoms with Gasteiger partial charge >= 0.3 is 0 Å². The van der Waals surface area contributed by atoms with E-state index < -0.39 is 0 Å². The molecule has 0 aromatic heterocycles. The molecule has 1 N–H and O–H groups in total. The Morgan fingerprint density at radius 2 is 2.13 bits per heavy atom. The van der Waals surface area contributed by atoms with Gasteiger partial charge in [-0.15, -0.1) is 0 Å². The Balaban J connectivity index is 2.16. The van der Waals surface area contributed by atoms with E-state index in [1.807, 2.05) is 13.8 Å². The zero-order valence-corrected chi connectivity index (χ0v) is 10.1. The number of ether oxygens (including phenoxy) is 1. The fourth-order valence-electron chi connectivity index (χ4n) is 1.91. The molecule has 0 bridgehead atoms. The number of carbonyl (C=O) groups excluding carboxylic acids is 1. The molecule has 0 heterocycles. The van der Waals surface area contributed by atoms with Crippen molar-refractivity contribution in [2.24, 2.45) is 5.41 Å². The summed E-state index contributed by atoms with van der Waals surface area (Å²) < 4.78 is 5.24. The van der Waals surface area contributed by atoms with Crippen LogP contribution in [0.15, 0.2) is 0 Å². The first-order valence-corrected chi connectivity index (χ1v) is 5.96. The first-order valence-electron chi connectivity index (χ1n) is 5.96. The van der Waals surface area contributed by atoms with Gasteiger partial charge in [0.25, 0.3) is 0 Å². The fraction of sp³-hybridized carbons (Fsp3) is 0.917. The Kier molecular flexibility index (Phi) is 4.58. The summed E-state index contributed by atoms with van der Waals surface area (Å²) in [5.41, 5.74) is 0.396. The van der Waals surface area contributed by atoms with Crippen molar-refractivity contribution in [3.8, 4) is 0 Å². The molecular formula is C12H23NO2. The molecule has 1 aliphatic rings. The SMILES string of the molecule is CCC1(CNC(=O)COC(C)C)CCC1. The van der Waals surface area contributed by atoms with Gasteiger partial charge in [-0.25, -0.2) is 0 Å². The van der Waals surface area contributed by atoms with Crippen molar-refractivity contribution in [1.29, 1.82) is 0 Å². The van der Waals surface area contributed by atoms with E-state index in [0.29, 0.717) is 5.41 Å². The minimum absolute atomic E-state index is 0.0171. The summed E-state index contributed by atoms with van der Waals surface area (Å²) in [6.07, 6.45) is 5.12. The molecule has 3 heteroatoms. The molecule has 88 valence electrons. The predicted molar refractivity (Wildman–Crippen MR) is 60.7 cm³/mol. The van der Waals surface area contributed by atoms with Gasteiger partial charge in [0.05, 0.1) is 6.10 Å². The van der Waals surface area contributed by atoms with Gasteiger partial charge in [-0.1, -0.05) is 13.3 Å². The second kappa shape index (κ2) is 5.50. The third-order valence-electron chi connectivity index (χ3n) is 3.37. The molecule has 0 radical (unpaired) electrons. The zero-order chi connectivity index (χ0) is 11.3. The molecule has 0 atom stereocenters. The average Bonchev–Trinajstić information content (AvgIpc) is 2.14. The second-order valence-electron chi connectivity index (χ2n) is 4.84. The normalized spacial score (nSPS) is 18.7. The van der Waals surface area contributed by atoms with Crippen LogP contribution in [0.2, 0.25) is 0 Å². The molecule has 1 fully saturated rings. The lowest BCUT2D eigenvalue weighted by Gasteiger charge is -2.41. The fourth-order valence-corrected chi connectivity index (χ4v) is 1.91. The van der Waals surface area contributed by atoms with Gasteiger partial charge < -0.3 is 10.1 Å². The molecule has 0 unspecified atom stereocenters. The van der Waals surface area contributed by atoms with Crippen LogP contribution < -0.4 is 5.32 Å². The van der Waals surface area contributed by atoms with E-state index in [-0.39, 0.29) is 18.6 Å². The largest absolute Gasteiger partial charge is 0.369 e. The lowest BCUT2D eigenvalue weighted by Crippen LogP contribution is -2.42. The van der Waals surface area contributed by atoms with E-state index in [9.17, 15) is 4.79 Å². The molecule has 0 spiro atoms. The summed E-state index contributed by atoms with van der Waals surface area (Å²) in [6.45, 7) is 7.09. The van der Waals surface area contributed by atoms with E-state index in [1.54, 1.807) is 0 Å². The van der Waals surface area contributed by atoms with Crippen LogP contribution in [0.4, 0.5) is 0 Å². The maximum atomic E-state index is 11.4. The third kappa shape index (κ3) is 3.82. The Hall–Kier alpha value is -0.570. The Morgan fingerprint density at radius 1 is 1.47 bits per heavy atom. The number of rotatable bonds is 6. The maximum absolute atomic E-state index is 11.4. The molecule has 15 heavy (non-hydrogen) atoms. The molecule has 0 saturated heterocycles. The number of nitrogens with one attached hydrogen (secondary N) is 1. The first kappa shape index (κ1) is 12.5. The number of carbonyl (C=O) groups is 1. The molecule has 0 aliphatic heterocycles. The highest BCUT2D eigenvalue weighted by Crippen LogP contribution is 2.42. The first-order chi connectivity index (χ1) is 7.08. The standard InChI is InChI=1S/C12H23NO2/c1-4-12(6-5-7-12)9-13-11(14)8-15-10(2)3/h10H,4-9H2,1-3H3,(H,13,14). The highest BCUT2D eigenvalue weighted by atomic mass is 16.5. The monoisotopic (exact) mass is 213 g/mol. The molecule has 1 saturated carbocycles. The second-order valence-corrected chi connectivity index (χ2v) is 4.84. The quantitative estimate of drug-likeness (QED) is 0.734. The van der Waals surface area contributed by atoms with Crippen LogP contribution in [0.5, 0.6) is 0 Å². The van der Waals surface area contributed by atoms with Crippen molar-refractivity contribution in [2.75, 3.05) is 13.2 Å². The highest BCUT2D eigenvalue weighted by Gasteiger charge is 2.35. The molecule has 1 amide bonds. The van der Waals surface area contributed by atoms with Gasteiger partial charge in [0.1, 0.15) is 6.61 Å². The van der Waals surface area contributed by atoms with Gasteiger partial charge in [0, 0.05) is 6.54 Å². The van der Waals surface area contributed by atoms with Crippen LogP contribution in [-0.4, -0.2) is 25.2 Å². The summed E-state index contributed by atoms with van der Waals surface area (Å²) in [7, 11) is 0. The van der Waals surface area contributed by atoms with E-state index in [0.717, 1.165) is 13.0 Å².